The highest BCUT2D eigenvalue weighted by Gasteiger charge is 2.03. The number of thiophene rings is 1. The van der Waals surface area contributed by atoms with Gasteiger partial charge in [-0.15, -0.1) is 11.3 Å². The lowest BCUT2D eigenvalue weighted by atomic mass is 10.3. The Labute approximate surface area is 83.0 Å². The molecule has 0 saturated heterocycles. The Balaban J connectivity index is 2.55. The third kappa shape index (κ3) is 1.64. The smallest absolute Gasteiger partial charge is 0.266 e. The summed E-state index contributed by atoms with van der Waals surface area (Å²) in [6, 6.07) is 5.40. The summed E-state index contributed by atoms with van der Waals surface area (Å²) in [6.07, 6.45) is 0. The first-order valence-corrected chi connectivity index (χ1v) is 4.82. The Morgan fingerprint density at radius 1 is 1.54 bits per heavy atom. The molecule has 2 aromatic rings. The van der Waals surface area contributed by atoms with E-state index in [-0.39, 0.29) is 10.6 Å². The molecule has 0 spiro atoms. The molecule has 0 aliphatic heterocycles. The summed E-state index contributed by atoms with van der Waals surface area (Å²) in [5, 5.41) is 8.30. The van der Waals surface area contributed by atoms with Gasteiger partial charge in [0.05, 0.1) is 4.88 Å². The van der Waals surface area contributed by atoms with Crippen LogP contribution in [0.2, 0.25) is 5.02 Å². The molecule has 2 rings (SSSR count). The summed E-state index contributed by atoms with van der Waals surface area (Å²) in [6.45, 7) is 0. The van der Waals surface area contributed by atoms with Gasteiger partial charge in [-0.3, -0.25) is 4.79 Å². The van der Waals surface area contributed by atoms with E-state index in [9.17, 15) is 4.79 Å². The number of halogens is 1. The van der Waals surface area contributed by atoms with Gasteiger partial charge in [0.2, 0.25) is 0 Å². The molecule has 0 atom stereocenters. The van der Waals surface area contributed by atoms with Crippen molar-refractivity contribution in [1.82, 2.24) is 10.2 Å². The quantitative estimate of drug-likeness (QED) is 0.788. The molecule has 0 fully saturated rings. The minimum atomic E-state index is -0.359. The highest BCUT2D eigenvalue weighted by atomic mass is 35.5. The monoisotopic (exact) mass is 212 g/mol. The lowest BCUT2D eigenvalue weighted by Crippen LogP contribution is -2.08. The second-order valence-electron chi connectivity index (χ2n) is 2.41. The summed E-state index contributed by atoms with van der Waals surface area (Å²) in [7, 11) is 0. The Kier molecular flexibility index (Phi) is 2.16. The molecule has 3 nitrogen and oxygen atoms in total. The predicted octanol–water partition coefficient (Wildman–Crippen LogP) is 2.15. The van der Waals surface area contributed by atoms with Gasteiger partial charge in [0.15, 0.2) is 0 Å². The van der Waals surface area contributed by atoms with Crippen LogP contribution >= 0.6 is 22.9 Å². The van der Waals surface area contributed by atoms with Crippen LogP contribution in [0.3, 0.4) is 0 Å². The van der Waals surface area contributed by atoms with Gasteiger partial charge in [-0.2, -0.15) is 5.10 Å². The number of aromatic amines is 1. The van der Waals surface area contributed by atoms with Gasteiger partial charge in [-0.05, 0) is 17.5 Å². The number of nitrogens with zero attached hydrogens (tertiary/aromatic N) is 1. The molecule has 2 heterocycles. The van der Waals surface area contributed by atoms with E-state index in [0.717, 1.165) is 4.88 Å². The van der Waals surface area contributed by atoms with Crippen LogP contribution in [0.25, 0.3) is 10.6 Å². The van der Waals surface area contributed by atoms with E-state index < -0.39 is 0 Å². The average Bonchev–Trinajstić information content (AvgIpc) is 2.62. The third-order valence-corrected chi connectivity index (χ3v) is 2.71. The van der Waals surface area contributed by atoms with Crippen molar-refractivity contribution in [2.75, 3.05) is 0 Å². The zero-order chi connectivity index (χ0) is 9.26. The van der Waals surface area contributed by atoms with E-state index in [4.69, 9.17) is 11.6 Å². The Morgan fingerprint density at radius 2 is 2.38 bits per heavy atom. The van der Waals surface area contributed by atoms with Crippen molar-refractivity contribution in [3.63, 3.8) is 0 Å². The maximum Gasteiger partial charge on any atom is 0.282 e. The average molecular weight is 213 g/mol. The Morgan fingerprint density at radius 3 is 3.00 bits per heavy atom. The van der Waals surface area contributed by atoms with Crippen LogP contribution in [0.4, 0.5) is 0 Å². The van der Waals surface area contributed by atoms with Gasteiger partial charge in [0, 0.05) is 0 Å². The molecule has 0 unspecified atom stereocenters. The van der Waals surface area contributed by atoms with E-state index in [0.29, 0.717) is 5.69 Å². The molecule has 66 valence electrons. The third-order valence-electron chi connectivity index (χ3n) is 1.53. The van der Waals surface area contributed by atoms with Crippen LogP contribution in [-0.2, 0) is 0 Å². The molecule has 0 aliphatic rings. The minimum absolute atomic E-state index is 0.165. The first-order valence-electron chi connectivity index (χ1n) is 3.56. The lowest BCUT2D eigenvalue weighted by molar-refractivity contribution is 0.998. The van der Waals surface area contributed by atoms with E-state index in [1.54, 1.807) is 17.4 Å². The minimum Gasteiger partial charge on any atom is -0.266 e. The van der Waals surface area contributed by atoms with E-state index in [2.05, 4.69) is 10.2 Å². The molecule has 1 N–H and O–H groups in total. The summed E-state index contributed by atoms with van der Waals surface area (Å²) >= 11 is 7.20. The molecule has 2 aromatic heterocycles. The van der Waals surface area contributed by atoms with Crippen LogP contribution in [0.1, 0.15) is 0 Å². The van der Waals surface area contributed by atoms with Crippen molar-refractivity contribution < 1.29 is 0 Å². The molecule has 0 radical (unpaired) electrons. The summed E-state index contributed by atoms with van der Waals surface area (Å²) < 4.78 is 0. The molecule has 0 saturated carbocycles. The fourth-order valence-corrected chi connectivity index (χ4v) is 1.76. The van der Waals surface area contributed by atoms with Crippen molar-refractivity contribution in [3.05, 3.63) is 39.0 Å². The fraction of sp³-hybridized carbons (Fsp3) is 0. The van der Waals surface area contributed by atoms with Crippen molar-refractivity contribution in [3.8, 4) is 10.6 Å². The van der Waals surface area contributed by atoms with Gasteiger partial charge in [-0.1, -0.05) is 17.7 Å². The molecule has 13 heavy (non-hydrogen) atoms. The standard InChI is InChI=1S/C8H5ClN2OS/c9-5-4-6(10-11-8(5)12)7-2-1-3-13-7/h1-4H,(H,11,12). The first kappa shape index (κ1) is 8.47. The first-order chi connectivity index (χ1) is 6.27. The molecule has 0 amide bonds. The van der Waals surface area contributed by atoms with E-state index in [1.807, 2.05) is 17.5 Å². The van der Waals surface area contributed by atoms with Gasteiger partial charge in [-0.25, -0.2) is 5.10 Å². The zero-order valence-electron chi connectivity index (χ0n) is 6.45. The van der Waals surface area contributed by atoms with Gasteiger partial charge >= 0.3 is 0 Å². The van der Waals surface area contributed by atoms with Crippen molar-refractivity contribution in [1.29, 1.82) is 0 Å². The normalized spacial score (nSPS) is 10.2. The Hall–Kier alpha value is -1.13. The summed E-state index contributed by atoms with van der Waals surface area (Å²) in [5.74, 6) is 0. The lowest BCUT2D eigenvalue weighted by Gasteiger charge is -1.94. The molecular formula is C8H5ClN2OS. The molecular weight excluding hydrogens is 208 g/mol. The SMILES string of the molecule is O=c1[nH]nc(-c2cccs2)cc1Cl. The number of hydrogen-bond acceptors (Lipinski definition) is 3. The predicted molar refractivity (Wildman–Crippen MR) is 53.2 cm³/mol. The van der Waals surface area contributed by atoms with E-state index >= 15 is 0 Å². The maximum absolute atomic E-state index is 10.9. The molecule has 0 bridgehead atoms. The number of rotatable bonds is 1. The van der Waals surface area contributed by atoms with Gasteiger partial charge < -0.3 is 0 Å². The van der Waals surface area contributed by atoms with Crippen molar-refractivity contribution >= 4 is 22.9 Å². The molecule has 0 aliphatic carbocycles. The summed E-state index contributed by atoms with van der Waals surface area (Å²) in [4.78, 5) is 11.9. The zero-order valence-corrected chi connectivity index (χ0v) is 8.02. The maximum atomic E-state index is 10.9. The van der Waals surface area contributed by atoms with Crippen LogP contribution in [0.5, 0.6) is 0 Å². The molecule has 5 heteroatoms. The highest BCUT2D eigenvalue weighted by Crippen LogP contribution is 2.22. The number of H-pyrrole nitrogens is 1. The second-order valence-corrected chi connectivity index (χ2v) is 3.76. The van der Waals surface area contributed by atoms with Crippen molar-refractivity contribution in [2.45, 2.75) is 0 Å². The number of aromatic nitrogens is 2. The van der Waals surface area contributed by atoms with Crippen LogP contribution in [0.15, 0.2) is 28.4 Å². The Bertz CT molecular complexity index is 463. The van der Waals surface area contributed by atoms with Gasteiger partial charge in [0.25, 0.3) is 5.56 Å². The molecule has 0 aromatic carbocycles. The van der Waals surface area contributed by atoms with Crippen molar-refractivity contribution in [2.24, 2.45) is 0 Å². The summed E-state index contributed by atoms with van der Waals surface area (Å²) in [5.41, 5.74) is 0.335. The largest absolute Gasteiger partial charge is 0.282 e. The highest BCUT2D eigenvalue weighted by molar-refractivity contribution is 7.13. The van der Waals surface area contributed by atoms with Crippen LogP contribution in [0, 0.1) is 0 Å². The van der Waals surface area contributed by atoms with Gasteiger partial charge in [0.1, 0.15) is 10.7 Å². The topological polar surface area (TPSA) is 45.8 Å². The second kappa shape index (κ2) is 3.32. The van der Waals surface area contributed by atoms with Crippen LogP contribution in [-0.4, -0.2) is 10.2 Å². The number of hydrogen-bond donors (Lipinski definition) is 1. The van der Waals surface area contributed by atoms with Crippen LogP contribution < -0.4 is 5.56 Å². The van der Waals surface area contributed by atoms with E-state index in [1.165, 1.54) is 0 Å². The number of nitrogens with one attached hydrogen (secondary N) is 1. The fourth-order valence-electron chi connectivity index (χ4n) is 0.933.